The van der Waals surface area contributed by atoms with Gasteiger partial charge in [0.05, 0.1) is 10.7 Å². The lowest BCUT2D eigenvalue weighted by Gasteiger charge is -2.08. The van der Waals surface area contributed by atoms with Gasteiger partial charge in [0, 0.05) is 0 Å². The number of ether oxygens (including phenoxy) is 1. The zero-order valence-electron chi connectivity index (χ0n) is 15.1. The maximum absolute atomic E-state index is 12.0. The Morgan fingerprint density at radius 1 is 1.23 bits per heavy atom. The number of aryl methyl sites for hydroxylation is 2. The van der Waals surface area contributed by atoms with E-state index in [4.69, 9.17) is 9.15 Å². The first-order valence-electron chi connectivity index (χ1n) is 8.23. The van der Waals surface area contributed by atoms with Crippen molar-refractivity contribution in [2.75, 3.05) is 11.9 Å². The number of carbonyl (C=O) groups is 1. The van der Waals surface area contributed by atoms with Gasteiger partial charge >= 0.3 is 6.01 Å². The van der Waals surface area contributed by atoms with Crippen molar-refractivity contribution in [1.29, 1.82) is 0 Å². The molecule has 7 nitrogen and oxygen atoms in total. The molecular formula is C18H20N4O3S. The standard InChI is InChI=1S/C18H20N4O3S/c1-10(2)13-5-7-14(8-6-13)24-9-15(23)20-18-22-21-17(25-18)16-11(3)19-12(4)26-16/h5-8,10H,9H2,1-4H3,(H,20,22,23). The first-order chi connectivity index (χ1) is 12.4. The summed E-state index contributed by atoms with van der Waals surface area (Å²) in [6.45, 7) is 7.89. The summed E-state index contributed by atoms with van der Waals surface area (Å²) in [6, 6.07) is 7.71. The van der Waals surface area contributed by atoms with Crippen LogP contribution in [0.5, 0.6) is 5.75 Å². The maximum atomic E-state index is 12.0. The fourth-order valence-corrected chi connectivity index (χ4v) is 3.19. The Hall–Kier alpha value is -2.74. The minimum Gasteiger partial charge on any atom is -0.484 e. The molecule has 0 bridgehead atoms. The highest BCUT2D eigenvalue weighted by atomic mass is 32.1. The third kappa shape index (κ3) is 4.26. The van der Waals surface area contributed by atoms with Crippen molar-refractivity contribution in [3.8, 4) is 16.5 Å². The Kier molecular flexibility index (Phi) is 5.32. The molecule has 8 heteroatoms. The molecule has 0 aliphatic carbocycles. The van der Waals surface area contributed by atoms with Crippen LogP contribution in [-0.2, 0) is 4.79 Å². The van der Waals surface area contributed by atoms with E-state index >= 15 is 0 Å². The van der Waals surface area contributed by atoms with Gasteiger partial charge in [0.2, 0.25) is 0 Å². The fourth-order valence-electron chi connectivity index (χ4n) is 2.35. The molecule has 0 radical (unpaired) electrons. The van der Waals surface area contributed by atoms with Gasteiger partial charge in [-0.1, -0.05) is 31.1 Å². The minimum absolute atomic E-state index is 0.0363. The lowest BCUT2D eigenvalue weighted by molar-refractivity contribution is -0.118. The summed E-state index contributed by atoms with van der Waals surface area (Å²) in [5.41, 5.74) is 2.04. The number of carbonyl (C=O) groups excluding carboxylic acids is 1. The van der Waals surface area contributed by atoms with E-state index in [1.54, 1.807) is 0 Å². The molecule has 3 rings (SSSR count). The second kappa shape index (κ2) is 7.65. The normalized spacial score (nSPS) is 11.0. The first kappa shape index (κ1) is 18.1. The Bertz CT molecular complexity index is 900. The van der Waals surface area contributed by atoms with Crippen molar-refractivity contribution in [3.63, 3.8) is 0 Å². The molecule has 0 saturated carbocycles. The van der Waals surface area contributed by atoms with E-state index in [1.807, 2.05) is 38.1 Å². The predicted octanol–water partition coefficient (Wildman–Crippen LogP) is 3.95. The fraction of sp³-hybridized carbons (Fsp3) is 0.333. The number of thiazole rings is 1. The Morgan fingerprint density at radius 2 is 1.96 bits per heavy atom. The van der Waals surface area contributed by atoms with Crippen LogP contribution >= 0.6 is 11.3 Å². The molecule has 2 aromatic heterocycles. The molecule has 0 spiro atoms. The summed E-state index contributed by atoms with van der Waals surface area (Å²) in [6.07, 6.45) is 0. The molecule has 3 aromatic rings. The van der Waals surface area contributed by atoms with Crippen LogP contribution in [0.4, 0.5) is 6.01 Å². The van der Waals surface area contributed by atoms with Crippen LogP contribution in [0.15, 0.2) is 28.7 Å². The van der Waals surface area contributed by atoms with Gasteiger partial charge in [0.25, 0.3) is 11.8 Å². The van der Waals surface area contributed by atoms with Crippen LogP contribution in [0, 0.1) is 13.8 Å². The summed E-state index contributed by atoms with van der Waals surface area (Å²) in [4.78, 5) is 17.1. The Morgan fingerprint density at radius 3 is 2.58 bits per heavy atom. The molecular weight excluding hydrogens is 352 g/mol. The SMILES string of the molecule is Cc1nc(C)c(-c2nnc(NC(=O)COc3ccc(C(C)C)cc3)o2)s1. The summed E-state index contributed by atoms with van der Waals surface area (Å²) in [5.74, 6) is 1.05. The molecule has 2 heterocycles. The van der Waals surface area contributed by atoms with Crippen LogP contribution in [0.2, 0.25) is 0 Å². The molecule has 0 aliphatic heterocycles. The van der Waals surface area contributed by atoms with E-state index in [2.05, 4.69) is 34.3 Å². The highest BCUT2D eigenvalue weighted by Crippen LogP contribution is 2.29. The van der Waals surface area contributed by atoms with Crippen molar-refractivity contribution in [1.82, 2.24) is 15.2 Å². The van der Waals surface area contributed by atoms with Crippen LogP contribution in [0.25, 0.3) is 10.8 Å². The van der Waals surface area contributed by atoms with E-state index in [1.165, 1.54) is 16.9 Å². The van der Waals surface area contributed by atoms with Crippen molar-refractivity contribution in [3.05, 3.63) is 40.5 Å². The van der Waals surface area contributed by atoms with Crippen molar-refractivity contribution in [2.24, 2.45) is 0 Å². The number of nitrogens with one attached hydrogen (secondary N) is 1. The van der Waals surface area contributed by atoms with Crippen LogP contribution < -0.4 is 10.1 Å². The molecule has 1 N–H and O–H groups in total. The third-order valence-corrected chi connectivity index (χ3v) is 4.75. The number of anilines is 1. The molecule has 0 saturated heterocycles. The maximum Gasteiger partial charge on any atom is 0.322 e. The van der Waals surface area contributed by atoms with Crippen LogP contribution in [0.1, 0.15) is 36.0 Å². The number of amides is 1. The monoisotopic (exact) mass is 372 g/mol. The zero-order chi connectivity index (χ0) is 18.7. The highest BCUT2D eigenvalue weighted by Gasteiger charge is 2.16. The number of nitrogens with zero attached hydrogens (tertiary/aromatic N) is 3. The number of benzene rings is 1. The smallest absolute Gasteiger partial charge is 0.322 e. The lowest BCUT2D eigenvalue weighted by Crippen LogP contribution is -2.20. The average Bonchev–Trinajstić information content (AvgIpc) is 3.19. The molecule has 1 amide bonds. The summed E-state index contributed by atoms with van der Waals surface area (Å²) in [5, 5.41) is 11.3. The molecule has 26 heavy (non-hydrogen) atoms. The number of rotatable bonds is 6. The van der Waals surface area contributed by atoms with E-state index in [9.17, 15) is 4.79 Å². The topological polar surface area (TPSA) is 90.1 Å². The molecule has 0 fully saturated rings. The molecule has 136 valence electrons. The Balaban J connectivity index is 1.56. The number of hydrogen-bond acceptors (Lipinski definition) is 7. The zero-order valence-corrected chi connectivity index (χ0v) is 15.9. The molecule has 1 aromatic carbocycles. The number of hydrogen-bond donors (Lipinski definition) is 1. The van der Waals surface area contributed by atoms with Gasteiger partial charge in [-0.3, -0.25) is 10.1 Å². The molecule has 0 aliphatic rings. The number of aromatic nitrogens is 3. The highest BCUT2D eigenvalue weighted by molar-refractivity contribution is 7.15. The average molecular weight is 372 g/mol. The lowest BCUT2D eigenvalue weighted by atomic mass is 10.0. The van der Waals surface area contributed by atoms with Gasteiger partial charge < -0.3 is 9.15 Å². The molecule has 0 atom stereocenters. The summed E-state index contributed by atoms with van der Waals surface area (Å²) in [7, 11) is 0. The van der Waals surface area contributed by atoms with E-state index in [0.29, 0.717) is 17.6 Å². The van der Waals surface area contributed by atoms with E-state index < -0.39 is 0 Å². The second-order valence-electron chi connectivity index (χ2n) is 6.12. The largest absolute Gasteiger partial charge is 0.484 e. The van der Waals surface area contributed by atoms with Gasteiger partial charge in [-0.15, -0.1) is 16.4 Å². The van der Waals surface area contributed by atoms with Crippen LogP contribution in [-0.4, -0.2) is 27.7 Å². The second-order valence-corrected chi connectivity index (χ2v) is 7.32. The van der Waals surface area contributed by atoms with E-state index in [-0.39, 0.29) is 18.5 Å². The predicted molar refractivity (Wildman–Crippen MR) is 99.5 cm³/mol. The van der Waals surface area contributed by atoms with E-state index in [0.717, 1.165) is 15.6 Å². The van der Waals surface area contributed by atoms with Gasteiger partial charge in [-0.2, -0.15) is 0 Å². The third-order valence-electron chi connectivity index (χ3n) is 3.69. The van der Waals surface area contributed by atoms with Gasteiger partial charge in [-0.05, 0) is 37.5 Å². The Labute approximate surface area is 155 Å². The van der Waals surface area contributed by atoms with Crippen molar-refractivity contribution >= 4 is 23.3 Å². The molecule has 0 unspecified atom stereocenters. The first-order valence-corrected chi connectivity index (χ1v) is 9.04. The van der Waals surface area contributed by atoms with Gasteiger partial charge in [-0.25, -0.2) is 4.98 Å². The minimum atomic E-state index is -0.370. The quantitative estimate of drug-likeness (QED) is 0.704. The van der Waals surface area contributed by atoms with Gasteiger partial charge in [0.15, 0.2) is 6.61 Å². The summed E-state index contributed by atoms with van der Waals surface area (Å²) < 4.78 is 11.0. The van der Waals surface area contributed by atoms with Gasteiger partial charge in [0.1, 0.15) is 10.6 Å². The van der Waals surface area contributed by atoms with Crippen molar-refractivity contribution < 1.29 is 13.9 Å². The van der Waals surface area contributed by atoms with Crippen molar-refractivity contribution in [2.45, 2.75) is 33.6 Å². The van der Waals surface area contributed by atoms with Crippen LogP contribution in [0.3, 0.4) is 0 Å². The summed E-state index contributed by atoms with van der Waals surface area (Å²) >= 11 is 1.47.